The molecule has 0 saturated heterocycles. The fourth-order valence-corrected chi connectivity index (χ4v) is 3.65. The lowest BCUT2D eigenvalue weighted by atomic mass is 9.73. The van der Waals surface area contributed by atoms with Crippen LogP contribution in [0.2, 0.25) is 0 Å². The first-order valence-corrected chi connectivity index (χ1v) is 8.21. The molecule has 0 heterocycles. The predicted octanol–water partition coefficient (Wildman–Crippen LogP) is 5.08. The van der Waals surface area contributed by atoms with Crippen LogP contribution in [0.15, 0.2) is 18.2 Å². The Morgan fingerprint density at radius 3 is 2.24 bits per heavy atom. The largest absolute Gasteiger partial charge is 0.310 e. The van der Waals surface area contributed by atoms with Gasteiger partial charge in [0.25, 0.3) is 0 Å². The molecular weight excluding hydrogens is 268 g/mol. The molecule has 1 nitrogen and oxygen atoms in total. The van der Waals surface area contributed by atoms with Crippen molar-refractivity contribution in [3.8, 4) is 0 Å². The minimum absolute atomic E-state index is 0.00344. The van der Waals surface area contributed by atoms with Crippen LogP contribution < -0.4 is 5.32 Å². The Hall–Kier alpha value is -0.960. The lowest BCUT2D eigenvalue weighted by Gasteiger charge is -2.36. The minimum atomic E-state index is -0.505. The van der Waals surface area contributed by atoms with Crippen LogP contribution in [0.25, 0.3) is 0 Å². The van der Waals surface area contributed by atoms with Crippen LogP contribution in [0.3, 0.4) is 0 Å². The summed E-state index contributed by atoms with van der Waals surface area (Å²) < 4.78 is 27.2. The van der Waals surface area contributed by atoms with Gasteiger partial charge in [0.1, 0.15) is 11.6 Å². The van der Waals surface area contributed by atoms with Gasteiger partial charge in [0.15, 0.2) is 0 Å². The molecule has 1 aromatic rings. The minimum Gasteiger partial charge on any atom is -0.310 e. The molecule has 0 spiro atoms. The number of hydrogen-bond acceptors (Lipinski definition) is 1. The van der Waals surface area contributed by atoms with Gasteiger partial charge in [-0.3, -0.25) is 0 Å². The van der Waals surface area contributed by atoms with E-state index in [1.807, 2.05) is 6.92 Å². The topological polar surface area (TPSA) is 12.0 Å². The van der Waals surface area contributed by atoms with Gasteiger partial charge in [-0.05, 0) is 56.0 Å². The van der Waals surface area contributed by atoms with E-state index < -0.39 is 11.6 Å². The fourth-order valence-electron chi connectivity index (χ4n) is 3.65. The second-order valence-electron chi connectivity index (χ2n) is 6.62. The molecule has 0 radical (unpaired) electrons. The van der Waals surface area contributed by atoms with Crippen molar-refractivity contribution >= 4 is 0 Å². The zero-order chi connectivity index (χ0) is 15.4. The summed E-state index contributed by atoms with van der Waals surface area (Å²) in [7, 11) is 0. The summed E-state index contributed by atoms with van der Waals surface area (Å²) in [4.78, 5) is 0. The SMILES string of the molecule is CCNC(c1ccc(F)cc1F)C1CCC(C(C)C)CC1. The smallest absolute Gasteiger partial charge is 0.130 e. The molecule has 3 heteroatoms. The van der Waals surface area contributed by atoms with Gasteiger partial charge in [-0.2, -0.15) is 0 Å². The molecule has 0 bridgehead atoms. The van der Waals surface area contributed by atoms with Crippen molar-refractivity contribution in [3.63, 3.8) is 0 Å². The Kier molecular flexibility index (Phi) is 5.74. The van der Waals surface area contributed by atoms with E-state index in [1.54, 1.807) is 6.07 Å². The van der Waals surface area contributed by atoms with Gasteiger partial charge >= 0.3 is 0 Å². The summed E-state index contributed by atoms with van der Waals surface area (Å²) in [6.45, 7) is 7.40. The van der Waals surface area contributed by atoms with E-state index in [2.05, 4.69) is 19.2 Å². The first-order chi connectivity index (χ1) is 10.0. The summed E-state index contributed by atoms with van der Waals surface area (Å²) in [6.07, 6.45) is 4.68. The van der Waals surface area contributed by atoms with Crippen LogP contribution in [0.4, 0.5) is 8.78 Å². The second-order valence-corrected chi connectivity index (χ2v) is 6.62. The highest BCUT2D eigenvalue weighted by molar-refractivity contribution is 5.23. The van der Waals surface area contributed by atoms with Crippen LogP contribution in [0, 0.1) is 29.4 Å². The number of hydrogen-bond donors (Lipinski definition) is 1. The van der Waals surface area contributed by atoms with Gasteiger partial charge in [-0.1, -0.05) is 26.8 Å². The zero-order valence-corrected chi connectivity index (χ0v) is 13.3. The van der Waals surface area contributed by atoms with Gasteiger partial charge in [-0.15, -0.1) is 0 Å². The van der Waals surface area contributed by atoms with Gasteiger partial charge in [0.05, 0.1) is 0 Å². The summed E-state index contributed by atoms with van der Waals surface area (Å²) in [5, 5.41) is 3.41. The third-order valence-electron chi connectivity index (χ3n) is 4.95. The molecule has 0 aliphatic heterocycles. The average Bonchev–Trinajstić information content (AvgIpc) is 2.46. The summed E-state index contributed by atoms with van der Waals surface area (Å²) in [5.74, 6) is 1.04. The van der Waals surface area contributed by atoms with Gasteiger partial charge in [0.2, 0.25) is 0 Å². The third-order valence-corrected chi connectivity index (χ3v) is 4.95. The highest BCUT2D eigenvalue weighted by Crippen LogP contribution is 2.39. The van der Waals surface area contributed by atoms with Crippen molar-refractivity contribution < 1.29 is 8.78 Å². The lowest BCUT2D eigenvalue weighted by molar-refractivity contribution is 0.188. The molecule has 1 unspecified atom stereocenters. The number of rotatable bonds is 5. The zero-order valence-electron chi connectivity index (χ0n) is 13.3. The first-order valence-electron chi connectivity index (χ1n) is 8.21. The maximum absolute atomic E-state index is 14.1. The van der Waals surface area contributed by atoms with Crippen LogP contribution >= 0.6 is 0 Å². The Morgan fingerprint density at radius 1 is 1.10 bits per heavy atom. The van der Waals surface area contributed by atoms with Gasteiger partial charge in [0, 0.05) is 17.7 Å². The van der Waals surface area contributed by atoms with Crippen molar-refractivity contribution in [3.05, 3.63) is 35.4 Å². The molecule has 1 N–H and O–H groups in total. The summed E-state index contributed by atoms with van der Waals surface area (Å²) in [5.41, 5.74) is 0.617. The van der Waals surface area contributed by atoms with Crippen molar-refractivity contribution in [1.82, 2.24) is 5.32 Å². The quantitative estimate of drug-likeness (QED) is 0.799. The van der Waals surface area contributed by atoms with Crippen LogP contribution in [-0.4, -0.2) is 6.54 Å². The van der Waals surface area contributed by atoms with E-state index in [9.17, 15) is 8.78 Å². The molecule has 1 aliphatic rings. The molecule has 0 amide bonds. The molecule has 1 aromatic carbocycles. The van der Waals surface area contributed by atoms with Crippen molar-refractivity contribution in [2.24, 2.45) is 17.8 Å². The highest BCUT2D eigenvalue weighted by Gasteiger charge is 2.30. The standard InChI is InChI=1S/C18H27F2N/c1-4-21-18(16-10-9-15(19)11-17(16)20)14-7-5-13(6-8-14)12(2)3/h9-14,18,21H,4-8H2,1-3H3. The molecule has 1 atom stereocenters. The number of benzene rings is 1. The Morgan fingerprint density at radius 2 is 1.71 bits per heavy atom. The monoisotopic (exact) mass is 295 g/mol. The molecule has 1 saturated carbocycles. The molecule has 21 heavy (non-hydrogen) atoms. The first kappa shape index (κ1) is 16.4. The molecule has 2 rings (SSSR count). The lowest BCUT2D eigenvalue weighted by Crippen LogP contribution is -2.32. The third kappa shape index (κ3) is 4.03. The van der Waals surface area contributed by atoms with E-state index >= 15 is 0 Å². The van der Waals surface area contributed by atoms with E-state index in [-0.39, 0.29) is 6.04 Å². The normalized spacial score (nSPS) is 24.3. The average molecular weight is 295 g/mol. The van der Waals surface area contributed by atoms with E-state index in [0.29, 0.717) is 11.5 Å². The van der Waals surface area contributed by atoms with E-state index in [4.69, 9.17) is 0 Å². The number of nitrogens with one attached hydrogen (secondary N) is 1. The molecule has 1 fully saturated rings. The van der Waals surface area contributed by atoms with Crippen molar-refractivity contribution in [1.29, 1.82) is 0 Å². The Labute approximate surface area is 127 Å². The summed E-state index contributed by atoms with van der Waals surface area (Å²) >= 11 is 0. The maximum Gasteiger partial charge on any atom is 0.130 e. The molecule has 118 valence electrons. The van der Waals surface area contributed by atoms with E-state index in [0.717, 1.165) is 37.3 Å². The van der Waals surface area contributed by atoms with Crippen LogP contribution in [-0.2, 0) is 0 Å². The Balaban J connectivity index is 2.12. The van der Waals surface area contributed by atoms with Crippen LogP contribution in [0.5, 0.6) is 0 Å². The molecule has 0 aromatic heterocycles. The van der Waals surface area contributed by atoms with Gasteiger partial charge < -0.3 is 5.32 Å². The number of halogens is 2. The van der Waals surface area contributed by atoms with E-state index in [1.165, 1.54) is 18.9 Å². The maximum atomic E-state index is 14.1. The van der Waals surface area contributed by atoms with Gasteiger partial charge in [-0.25, -0.2) is 8.78 Å². The molecule has 1 aliphatic carbocycles. The van der Waals surface area contributed by atoms with Crippen molar-refractivity contribution in [2.75, 3.05) is 6.54 Å². The Bertz CT molecular complexity index is 451. The second kappa shape index (κ2) is 7.35. The molecular formula is C18H27F2N. The highest BCUT2D eigenvalue weighted by atomic mass is 19.1. The van der Waals surface area contributed by atoms with Crippen LogP contribution in [0.1, 0.15) is 58.1 Å². The summed E-state index contributed by atoms with van der Waals surface area (Å²) in [6, 6.07) is 3.97. The fraction of sp³-hybridized carbons (Fsp3) is 0.667. The predicted molar refractivity (Wildman–Crippen MR) is 83.1 cm³/mol. The van der Waals surface area contributed by atoms with Crippen molar-refractivity contribution in [2.45, 2.75) is 52.5 Å².